The first kappa shape index (κ1) is 12.3. The normalized spacial score (nSPS) is 17.1. The van der Waals surface area contributed by atoms with Gasteiger partial charge in [0.15, 0.2) is 5.82 Å². The topological polar surface area (TPSA) is 48.5 Å². The van der Waals surface area contributed by atoms with Crippen LogP contribution in [0.15, 0.2) is 42.6 Å². The minimum atomic E-state index is 0.490. The maximum atomic E-state index is 4.54. The molecule has 1 atom stereocenters. The lowest BCUT2D eigenvalue weighted by atomic mass is 9.98. The lowest BCUT2D eigenvalue weighted by Crippen LogP contribution is -2.03. The third-order valence-corrected chi connectivity index (χ3v) is 4.12. The van der Waals surface area contributed by atoms with E-state index in [9.17, 15) is 0 Å². The number of rotatable bonds is 3. The lowest BCUT2D eigenvalue weighted by Gasteiger charge is -2.09. The van der Waals surface area contributed by atoms with Gasteiger partial charge in [0.1, 0.15) is 11.5 Å². The third kappa shape index (κ3) is 2.05. The zero-order valence-corrected chi connectivity index (χ0v) is 12.0. The largest absolute Gasteiger partial charge is 0.309 e. The summed E-state index contributed by atoms with van der Waals surface area (Å²) in [5, 5.41) is 13.2. The summed E-state index contributed by atoms with van der Waals surface area (Å²) in [4.78, 5) is 0. The van der Waals surface area contributed by atoms with Gasteiger partial charge in [0.05, 0.1) is 0 Å². The molecule has 3 aromatic rings. The third-order valence-electron chi connectivity index (χ3n) is 4.12. The molecule has 5 heteroatoms. The number of nitrogens with zero attached hydrogens (tertiary/aromatic N) is 5. The lowest BCUT2D eigenvalue weighted by molar-refractivity contribution is 0.641. The molecule has 0 amide bonds. The van der Waals surface area contributed by atoms with Crippen molar-refractivity contribution in [1.29, 1.82) is 0 Å². The number of fused-ring (bicyclic) bond motifs is 1. The van der Waals surface area contributed by atoms with Crippen molar-refractivity contribution < 1.29 is 0 Å². The summed E-state index contributed by atoms with van der Waals surface area (Å²) in [5.41, 5.74) is 2.28. The van der Waals surface area contributed by atoms with Gasteiger partial charge in [0.25, 0.3) is 0 Å². The van der Waals surface area contributed by atoms with Crippen molar-refractivity contribution in [3.8, 4) is 11.5 Å². The highest BCUT2D eigenvalue weighted by atomic mass is 15.3. The van der Waals surface area contributed by atoms with Gasteiger partial charge in [-0.2, -0.15) is 5.10 Å². The van der Waals surface area contributed by atoms with Gasteiger partial charge < -0.3 is 4.57 Å². The van der Waals surface area contributed by atoms with Crippen LogP contribution < -0.4 is 0 Å². The Hall–Kier alpha value is -2.43. The molecule has 3 heterocycles. The standard InChI is InChI=1S/C16H17N5/c1-2-20-9-8-14(19-20)16-18-17-15-10-13(11-21(15)16)12-6-4-3-5-7-12/h3-9,13H,2,10-11H2,1H3. The smallest absolute Gasteiger partial charge is 0.184 e. The van der Waals surface area contributed by atoms with Crippen molar-refractivity contribution in [2.75, 3.05) is 0 Å². The first-order valence-corrected chi connectivity index (χ1v) is 7.36. The fraction of sp³-hybridized carbons (Fsp3) is 0.312. The van der Waals surface area contributed by atoms with Crippen LogP contribution in [0.5, 0.6) is 0 Å². The van der Waals surface area contributed by atoms with Crippen molar-refractivity contribution in [1.82, 2.24) is 24.5 Å². The fourth-order valence-corrected chi connectivity index (χ4v) is 2.98. The van der Waals surface area contributed by atoms with Gasteiger partial charge in [-0.3, -0.25) is 4.68 Å². The van der Waals surface area contributed by atoms with Crippen LogP contribution in [0.4, 0.5) is 0 Å². The first-order chi connectivity index (χ1) is 10.3. The van der Waals surface area contributed by atoms with Crippen LogP contribution in [0.1, 0.15) is 24.2 Å². The second kappa shape index (κ2) is 4.84. The van der Waals surface area contributed by atoms with Crippen molar-refractivity contribution in [2.24, 2.45) is 0 Å². The van der Waals surface area contributed by atoms with E-state index in [0.717, 1.165) is 36.9 Å². The molecule has 21 heavy (non-hydrogen) atoms. The average molecular weight is 279 g/mol. The van der Waals surface area contributed by atoms with E-state index in [-0.39, 0.29) is 0 Å². The van der Waals surface area contributed by atoms with E-state index in [1.165, 1.54) is 5.56 Å². The predicted molar refractivity (Wildman–Crippen MR) is 79.8 cm³/mol. The Morgan fingerprint density at radius 1 is 1.14 bits per heavy atom. The molecule has 1 unspecified atom stereocenters. The number of benzene rings is 1. The summed E-state index contributed by atoms with van der Waals surface area (Å²) in [5.74, 6) is 2.43. The van der Waals surface area contributed by atoms with Gasteiger partial charge in [-0.15, -0.1) is 10.2 Å². The summed E-state index contributed by atoms with van der Waals surface area (Å²) in [6, 6.07) is 12.6. The van der Waals surface area contributed by atoms with Crippen LogP contribution in [-0.2, 0) is 19.5 Å². The predicted octanol–water partition coefficient (Wildman–Crippen LogP) is 2.50. The van der Waals surface area contributed by atoms with Gasteiger partial charge in [0.2, 0.25) is 0 Å². The molecule has 1 aliphatic heterocycles. The second-order valence-electron chi connectivity index (χ2n) is 5.42. The average Bonchev–Trinajstić information content (AvgIpc) is 3.22. The number of hydrogen-bond acceptors (Lipinski definition) is 3. The van der Waals surface area contributed by atoms with E-state index < -0.39 is 0 Å². The summed E-state index contributed by atoms with van der Waals surface area (Å²) in [7, 11) is 0. The van der Waals surface area contributed by atoms with Gasteiger partial charge >= 0.3 is 0 Å². The molecule has 106 valence electrons. The molecular formula is C16H17N5. The molecule has 0 radical (unpaired) electrons. The van der Waals surface area contributed by atoms with Crippen molar-refractivity contribution in [2.45, 2.75) is 32.4 Å². The molecule has 0 saturated heterocycles. The quantitative estimate of drug-likeness (QED) is 0.740. The zero-order valence-electron chi connectivity index (χ0n) is 12.0. The maximum absolute atomic E-state index is 4.54. The van der Waals surface area contributed by atoms with Crippen molar-refractivity contribution >= 4 is 0 Å². The Kier molecular flexibility index (Phi) is 2.84. The molecule has 0 fully saturated rings. The first-order valence-electron chi connectivity index (χ1n) is 7.36. The second-order valence-corrected chi connectivity index (χ2v) is 5.42. The minimum Gasteiger partial charge on any atom is -0.309 e. The van der Waals surface area contributed by atoms with E-state index in [4.69, 9.17) is 0 Å². The Bertz CT molecular complexity index is 756. The monoisotopic (exact) mass is 279 g/mol. The number of aryl methyl sites for hydroxylation is 1. The van der Waals surface area contributed by atoms with E-state index in [2.05, 4.69) is 57.1 Å². The summed E-state index contributed by atoms with van der Waals surface area (Å²) in [6.07, 6.45) is 2.94. The van der Waals surface area contributed by atoms with Gasteiger partial charge in [-0.25, -0.2) is 0 Å². The maximum Gasteiger partial charge on any atom is 0.184 e. The molecule has 0 bridgehead atoms. The molecule has 1 aliphatic rings. The van der Waals surface area contributed by atoms with E-state index in [1.807, 2.05) is 16.9 Å². The highest BCUT2D eigenvalue weighted by Gasteiger charge is 2.28. The fourth-order valence-electron chi connectivity index (χ4n) is 2.98. The molecule has 5 nitrogen and oxygen atoms in total. The molecule has 4 rings (SSSR count). The summed E-state index contributed by atoms with van der Waals surface area (Å²) in [6.45, 7) is 3.88. The van der Waals surface area contributed by atoms with Crippen LogP contribution in [0.3, 0.4) is 0 Å². The minimum absolute atomic E-state index is 0.490. The van der Waals surface area contributed by atoms with Crippen molar-refractivity contribution in [3.63, 3.8) is 0 Å². The van der Waals surface area contributed by atoms with Crippen LogP contribution in [0.2, 0.25) is 0 Å². The zero-order chi connectivity index (χ0) is 14.2. The highest BCUT2D eigenvalue weighted by molar-refractivity contribution is 5.49. The molecule has 0 N–H and O–H groups in total. The molecule has 0 aliphatic carbocycles. The Morgan fingerprint density at radius 3 is 2.76 bits per heavy atom. The van der Waals surface area contributed by atoms with Crippen LogP contribution in [-0.4, -0.2) is 24.5 Å². The molecular weight excluding hydrogens is 262 g/mol. The van der Waals surface area contributed by atoms with Crippen LogP contribution in [0.25, 0.3) is 11.5 Å². The SMILES string of the molecule is CCn1ccc(-c2nnc3n2CC(c2ccccc2)C3)n1. The number of aromatic nitrogens is 5. The van der Waals surface area contributed by atoms with Crippen LogP contribution >= 0.6 is 0 Å². The van der Waals surface area contributed by atoms with Gasteiger partial charge in [-0.05, 0) is 18.6 Å². The van der Waals surface area contributed by atoms with Crippen molar-refractivity contribution in [3.05, 3.63) is 54.0 Å². The molecule has 2 aromatic heterocycles. The molecule has 1 aromatic carbocycles. The highest BCUT2D eigenvalue weighted by Crippen LogP contribution is 2.31. The molecule has 0 saturated carbocycles. The van der Waals surface area contributed by atoms with E-state index in [0.29, 0.717) is 5.92 Å². The Balaban J connectivity index is 1.65. The molecule has 0 spiro atoms. The van der Waals surface area contributed by atoms with Crippen LogP contribution in [0, 0.1) is 0 Å². The number of hydrogen-bond donors (Lipinski definition) is 0. The van der Waals surface area contributed by atoms with E-state index >= 15 is 0 Å². The summed E-state index contributed by atoms with van der Waals surface area (Å²) >= 11 is 0. The van der Waals surface area contributed by atoms with Gasteiger partial charge in [-0.1, -0.05) is 30.3 Å². The Labute approximate surface area is 123 Å². The van der Waals surface area contributed by atoms with E-state index in [1.54, 1.807) is 0 Å². The Morgan fingerprint density at radius 2 is 2.00 bits per heavy atom. The summed E-state index contributed by atoms with van der Waals surface area (Å²) < 4.78 is 4.13. The van der Waals surface area contributed by atoms with Gasteiger partial charge in [0, 0.05) is 31.6 Å².